The molecule has 2 aromatic rings. The summed E-state index contributed by atoms with van der Waals surface area (Å²) >= 11 is 0. The Hall–Kier alpha value is -2.28. The second-order valence-corrected chi connectivity index (χ2v) is 6.91. The summed E-state index contributed by atoms with van der Waals surface area (Å²) in [6.45, 7) is 4.13. The molecule has 1 amide bonds. The van der Waals surface area contributed by atoms with Crippen molar-refractivity contribution >= 4 is 11.6 Å². The summed E-state index contributed by atoms with van der Waals surface area (Å²) < 4.78 is 11.9. The minimum absolute atomic E-state index is 0.00763. The Morgan fingerprint density at radius 1 is 1.08 bits per heavy atom. The number of rotatable bonds is 3. The predicted octanol–water partition coefficient (Wildman–Crippen LogP) is 1.72. The Morgan fingerprint density at radius 3 is 2.69 bits per heavy atom. The van der Waals surface area contributed by atoms with Gasteiger partial charge in [0.05, 0.1) is 19.8 Å². The second kappa shape index (κ2) is 7.53. The second-order valence-electron chi connectivity index (χ2n) is 6.91. The fourth-order valence-electron chi connectivity index (χ4n) is 3.61. The van der Waals surface area contributed by atoms with Crippen LogP contribution in [0.4, 0.5) is 5.69 Å². The van der Waals surface area contributed by atoms with Crippen LogP contribution in [0.15, 0.2) is 54.9 Å². The molecule has 4 rings (SSSR count). The van der Waals surface area contributed by atoms with Gasteiger partial charge in [0.1, 0.15) is 12.2 Å². The van der Waals surface area contributed by atoms with Gasteiger partial charge in [-0.1, -0.05) is 18.2 Å². The maximum absolute atomic E-state index is 12.4. The molecule has 3 heterocycles. The van der Waals surface area contributed by atoms with Crippen molar-refractivity contribution in [2.24, 2.45) is 0 Å². The molecule has 1 spiro atoms. The summed E-state index contributed by atoms with van der Waals surface area (Å²) in [6, 6.07) is 13.8. The molecule has 1 aromatic carbocycles. The van der Waals surface area contributed by atoms with Crippen molar-refractivity contribution in [3.8, 4) is 0 Å². The summed E-state index contributed by atoms with van der Waals surface area (Å²) in [6.07, 6.45) is 3.62. The van der Waals surface area contributed by atoms with Crippen molar-refractivity contribution in [3.63, 3.8) is 0 Å². The number of nitrogens with zero attached hydrogens (tertiary/aromatic N) is 3. The molecule has 26 heavy (non-hydrogen) atoms. The zero-order valence-electron chi connectivity index (χ0n) is 14.7. The Balaban J connectivity index is 1.53. The lowest BCUT2D eigenvalue weighted by Gasteiger charge is -2.43. The van der Waals surface area contributed by atoms with Gasteiger partial charge in [-0.2, -0.15) is 0 Å². The fraction of sp³-hybridized carbons (Fsp3) is 0.400. The molecule has 2 fully saturated rings. The molecule has 6 heteroatoms. The van der Waals surface area contributed by atoms with E-state index < -0.39 is 5.60 Å². The van der Waals surface area contributed by atoms with Crippen LogP contribution in [-0.4, -0.2) is 60.8 Å². The van der Waals surface area contributed by atoms with E-state index in [1.54, 1.807) is 0 Å². The maximum atomic E-state index is 12.4. The Kier molecular flexibility index (Phi) is 4.97. The molecule has 0 bridgehead atoms. The van der Waals surface area contributed by atoms with Crippen LogP contribution in [0.25, 0.3) is 0 Å². The summed E-state index contributed by atoms with van der Waals surface area (Å²) in [5.41, 5.74) is 1.61. The lowest BCUT2D eigenvalue weighted by molar-refractivity contribution is -0.146. The maximum Gasteiger partial charge on any atom is 0.253 e. The first-order valence-corrected chi connectivity index (χ1v) is 8.93. The first kappa shape index (κ1) is 17.1. The molecule has 1 aromatic heterocycles. The SMILES string of the molecule is O=C1COC2(COCCN(Cc3ccncc3)C2)CN1c1ccccc1. The zero-order valence-corrected chi connectivity index (χ0v) is 14.7. The highest BCUT2D eigenvalue weighted by Gasteiger charge is 2.43. The summed E-state index contributed by atoms with van der Waals surface area (Å²) in [5, 5.41) is 0. The van der Waals surface area contributed by atoms with Crippen molar-refractivity contribution in [1.82, 2.24) is 9.88 Å². The standard InChI is InChI=1S/C20H23N3O3/c24-19-13-26-20(15-23(19)18-4-2-1-3-5-18)14-22(10-11-25-16-20)12-17-6-8-21-9-7-17/h1-9H,10-16H2. The van der Waals surface area contributed by atoms with Gasteiger partial charge in [0, 0.05) is 37.7 Å². The van der Waals surface area contributed by atoms with E-state index in [0.29, 0.717) is 19.8 Å². The van der Waals surface area contributed by atoms with E-state index in [9.17, 15) is 4.79 Å². The molecule has 2 saturated heterocycles. The minimum Gasteiger partial charge on any atom is -0.377 e. The third-order valence-corrected chi connectivity index (χ3v) is 4.90. The van der Waals surface area contributed by atoms with Gasteiger partial charge < -0.3 is 14.4 Å². The highest BCUT2D eigenvalue weighted by atomic mass is 16.6. The summed E-state index contributed by atoms with van der Waals surface area (Å²) in [5.74, 6) is -0.00763. The minimum atomic E-state index is -0.507. The normalized spacial score (nSPS) is 24.6. The number of para-hydroxylation sites is 1. The highest BCUT2D eigenvalue weighted by Crippen LogP contribution is 2.27. The van der Waals surface area contributed by atoms with Gasteiger partial charge in [0.15, 0.2) is 0 Å². The van der Waals surface area contributed by atoms with Gasteiger partial charge in [0.2, 0.25) is 0 Å². The van der Waals surface area contributed by atoms with E-state index >= 15 is 0 Å². The number of carbonyl (C=O) groups excluding carboxylic acids is 1. The van der Waals surface area contributed by atoms with Gasteiger partial charge in [-0.3, -0.25) is 14.7 Å². The Morgan fingerprint density at radius 2 is 1.88 bits per heavy atom. The van der Waals surface area contributed by atoms with Gasteiger partial charge in [-0.25, -0.2) is 0 Å². The molecule has 0 radical (unpaired) electrons. The molecular weight excluding hydrogens is 330 g/mol. The number of benzene rings is 1. The molecule has 1 unspecified atom stereocenters. The van der Waals surface area contributed by atoms with Crippen molar-refractivity contribution < 1.29 is 14.3 Å². The van der Waals surface area contributed by atoms with Crippen molar-refractivity contribution in [3.05, 3.63) is 60.4 Å². The molecule has 0 N–H and O–H groups in total. The summed E-state index contributed by atoms with van der Waals surface area (Å²) in [4.78, 5) is 20.7. The molecule has 136 valence electrons. The van der Waals surface area contributed by atoms with E-state index in [-0.39, 0.29) is 12.5 Å². The fourth-order valence-corrected chi connectivity index (χ4v) is 3.61. The highest BCUT2D eigenvalue weighted by molar-refractivity contribution is 5.95. The molecule has 1 atom stereocenters. The average molecular weight is 353 g/mol. The molecule has 2 aliphatic rings. The molecule has 0 aliphatic carbocycles. The number of hydrogen-bond donors (Lipinski definition) is 0. The van der Waals surface area contributed by atoms with Crippen LogP contribution in [-0.2, 0) is 20.8 Å². The van der Waals surface area contributed by atoms with Crippen LogP contribution in [0.3, 0.4) is 0 Å². The lowest BCUT2D eigenvalue weighted by atomic mass is 10.0. The van der Waals surface area contributed by atoms with Gasteiger partial charge in [0.25, 0.3) is 5.91 Å². The number of hydrogen-bond acceptors (Lipinski definition) is 5. The Labute approximate surface area is 153 Å². The number of carbonyl (C=O) groups is 1. The zero-order chi connectivity index (χ0) is 17.8. The van der Waals surface area contributed by atoms with Crippen LogP contribution in [0.1, 0.15) is 5.56 Å². The monoisotopic (exact) mass is 353 g/mol. The van der Waals surface area contributed by atoms with Crippen molar-refractivity contribution in [1.29, 1.82) is 0 Å². The number of amides is 1. The van der Waals surface area contributed by atoms with E-state index in [1.165, 1.54) is 5.56 Å². The number of aromatic nitrogens is 1. The third kappa shape index (κ3) is 3.77. The van der Waals surface area contributed by atoms with Gasteiger partial charge in [-0.15, -0.1) is 0 Å². The molecule has 6 nitrogen and oxygen atoms in total. The van der Waals surface area contributed by atoms with E-state index in [4.69, 9.17) is 9.47 Å². The van der Waals surface area contributed by atoms with Crippen LogP contribution in [0.2, 0.25) is 0 Å². The quantitative estimate of drug-likeness (QED) is 0.841. The number of morpholine rings is 1. The predicted molar refractivity (Wildman–Crippen MR) is 97.8 cm³/mol. The van der Waals surface area contributed by atoms with E-state index in [0.717, 1.165) is 25.3 Å². The summed E-state index contributed by atoms with van der Waals surface area (Å²) in [7, 11) is 0. The van der Waals surface area contributed by atoms with Crippen LogP contribution >= 0.6 is 0 Å². The van der Waals surface area contributed by atoms with Crippen molar-refractivity contribution in [2.75, 3.05) is 44.4 Å². The molecular formula is C20H23N3O3. The molecule has 2 aliphatic heterocycles. The number of ether oxygens (including phenoxy) is 2. The van der Waals surface area contributed by atoms with Gasteiger partial charge in [-0.05, 0) is 29.8 Å². The van der Waals surface area contributed by atoms with E-state index in [2.05, 4.69) is 9.88 Å². The van der Waals surface area contributed by atoms with Crippen LogP contribution < -0.4 is 4.90 Å². The average Bonchev–Trinajstić information content (AvgIpc) is 2.88. The van der Waals surface area contributed by atoms with Crippen molar-refractivity contribution in [2.45, 2.75) is 12.1 Å². The largest absolute Gasteiger partial charge is 0.377 e. The number of anilines is 1. The number of pyridine rings is 1. The first-order chi connectivity index (χ1) is 12.7. The van der Waals surface area contributed by atoms with Crippen LogP contribution in [0, 0.1) is 0 Å². The smallest absolute Gasteiger partial charge is 0.253 e. The Bertz CT molecular complexity index is 740. The lowest BCUT2D eigenvalue weighted by Crippen LogP contribution is -2.60. The topological polar surface area (TPSA) is 54.9 Å². The van der Waals surface area contributed by atoms with E-state index in [1.807, 2.05) is 59.8 Å². The molecule has 0 saturated carbocycles. The van der Waals surface area contributed by atoms with Gasteiger partial charge >= 0.3 is 0 Å². The first-order valence-electron chi connectivity index (χ1n) is 8.93. The van der Waals surface area contributed by atoms with Crippen LogP contribution in [0.5, 0.6) is 0 Å². The third-order valence-electron chi connectivity index (χ3n) is 4.90.